The molecule has 0 saturated carbocycles. The lowest BCUT2D eigenvalue weighted by atomic mass is 9.97. The Balaban J connectivity index is 1.86. The van der Waals surface area contributed by atoms with E-state index in [1.54, 1.807) is 31.3 Å². The molecule has 0 heterocycles. The number of likely N-dealkylation sites (N-methyl/N-ethyl adjacent to an activating group) is 1. The van der Waals surface area contributed by atoms with Crippen molar-refractivity contribution in [1.82, 2.24) is 5.32 Å². The van der Waals surface area contributed by atoms with Crippen LogP contribution in [0.3, 0.4) is 0 Å². The summed E-state index contributed by atoms with van der Waals surface area (Å²) in [5, 5.41) is 2.95. The fourth-order valence-electron chi connectivity index (χ4n) is 2.67. The van der Waals surface area contributed by atoms with Gasteiger partial charge < -0.3 is 10.2 Å². The Bertz CT molecular complexity index is 602. The van der Waals surface area contributed by atoms with Crippen molar-refractivity contribution in [3.63, 3.8) is 0 Å². The molecule has 0 fully saturated rings. The van der Waals surface area contributed by atoms with Gasteiger partial charge in [0.05, 0.1) is 0 Å². The van der Waals surface area contributed by atoms with E-state index in [2.05, 4.69) is 18.0 Å². The van der Waals surface area contributed by atoms with Crippen molar-refractivity contribution in [2.45, 2.75) is 32.1 Å². The first-order chi connectivity index (χ1) is 11.1. The molecule has 0 bridgehead atoms. The molecule has 1 aliphatic rings. The van der Waals surface area contributed by atoms with Gasteiger partial charge in [0.15, 0.2) is 0 Å². The predicted octanol–water partition coefficient (Wildman–Crippen LogP) is 3.46. The Morgan fingerprint density at radius 1 is 1.26 bits per heavy atom. The molecular formula is C19H24N2O2. The summed E-state index contributed by atoms with van der Waals surface area (Å²) < 4.78 is 0. The van der Waals surface area contributed by atoms with Crippen LogP contribution >= 0.6 is 0 Å². The van der Waals surface area contributed by atoms with Crippen LogP contribution in [0.15, 0.2) is 48.6 Å². The lowest BCUT2D eigenvalue weighted by molar-refractivity contribution is -0.113. The van der Waals surface area contributed by atoms with E-state index < -0.39 is 0 Å². The van der Waals surface area contributed by atoms with Gasteiger partial charge in [0.25, 0.3) is 5.91 Å². The molecule has 1 aliphatic carbocycles. The minimum atomic E-state index is -0.178. The largest absolute Gasteiger partial charge is 0.352 e. The minimum Gasteiger partial charge on any atom is -0.352 e. The van der Waals surface area contributed by atoms with E-state index in [9.17, 15) is 9.59 Å². The molecule has 1 aromatic carbocycles. The van der Waals surface area contributed by atoms with Gasteiger partial charge in [-0.05, 0) is 62.4 Å². The zero-order valence-electron chi connectivity index (χ0n) is 13.7. The number of nitrogens with zero attached hydrogens (tertiary/aromatic N) is 1. The summed E-state index contributed by atoms with van der Waals surface area (Å²) in [6.45, 7) is 4.13. The fraction of sp³-hybridized carbons (Fsp3) is 0.368. The molecule has 23 heavy (non-hydrogen) atoms. The molecule has 0 unspecified atom stereocenters. The average molecular weight is 312 g/mol. The first-order valence-electron chi connectivity index (χ1n) is 8.08. The number of rotatable bonds is 6. The first kappa shape index (κ1) is 17.0. The van der Waals surface area contributed by atoms with Crippen molar-refractivity contribution in [2.24, 2.45) is 0 Å². The molecule has 0 saturated heterocycles. The van der Waals surface area contributed by atoms with Crippen LogP contribution in [-0.4, -0.2) is 25.4 Å². The summed E-state index contributed by atoms with van der Waals surface area (Å²) >= 11 is 0. The highest BCUT2D eigenvalue weighted by molar-refractivity contribution is 6.01. The predicted molar refractivity (Wildman–Crippen MR) is 93.6 cm³/mol. The standard InChI is InChI=1S/C19H24N2O2/c1-3-18(22)21(2)17-11-9-16(10-12-17)19(23)20-14-13-15-7-5-4-6-8-15/h3,7,9-12H,1,4-6,8,13-14H2,2H3,(H,20,23). The van der Waals surface area contributed by atoms with Crippen LogP contribution in [0, 0.1) is 0 Å². The summed E-state index contributed by atoms with van der Waals surface area (Å²) in [5.74, 6) is -0.256. The minimum absolute atomic E-state index is 0.0781. The summed E-state index contributed by atoms with van der Waals surface area (Å²) in [6, 6.07) is 6.99. The van der Waals surface area contributed by atoms with Gasteiger partial charge in [0, 0.05) is 24.8 Å². The van der Waals surface area contributed by atoms with Gasteiger partial charge in [-0.2, -0.15) is 0 Å². The van der Waals surface area contributed by atoms with Crippen LogP contribution in [0.1, 0.15) is 42.5 Å². The first-order valence-corrected chi connectivity index (χ1v) is 8.08. The Kier molecular flexibility index (Phi) is 6.15. The van der Waals surface area contributed by atoms with Gasteiger partial charge in [-0.25, -0.2) is 0 Å². The Labute approximate surface area is 137 Å². The van der Waals surface area contributed by atoms with Crippen molar-refractivity contribution in [3.8, 4) is 0 Å². The van der Waals surface area contributed by atoms with Gasteiger partial charge in [-0.3, -0.25) is 9.59 Å². The third-order valence-electron chi connectivity index (χ3n) is 4.14. The third kappa shape index (κ3) is 4.81. The van der Waals surface area contributed by atoms with Crippen LogP contribution in [0.25, 0.3) is 0 Å². The van der Waals surface area contributed by atoms with Crippen molar-refractivity contribution in [2.75, 3.05) is 18.5 Å². The van der Waals surface area contributed by atoms with Gasteiger partial charge in [-0.15, -0.1) is 0 Å². The number of nitrogens with one attached hydrogen (secondary N) is 1. The third-order valence-corrected chi connectivity index (χ3v) is 4.14. The molecular weight excluding hydrogens is 288 g/mol. The molecule has 1 aromatic rings. The van der Waals surface area contributed by atoms with Gasteiger partial charge in [0.1, 0.15) is 0 Å². The number of benzene rings is 1. The Morgan fingerprint density at radius 2 is 2.00 bits per heavy atom. The van der Waals surface area contributed by atoms with Gasteiger partial charge >= 0.3 is 0 Å². The van der Waals surface area contributed by atoms with E-state index >= 15 is 0 Å². The van der Waals surface area contributed by atoms with E-state index in [0.717, 1.165) is 18.5 Å². The molecule has 4 heteroatoms. The van der Waals surface area contributed by atoms with Crippen LogP contribution in [0.2, 0.25) is 0 Å². The monoisotopic (exact) mass is 312 g/mol. The highest BCUT2D eigenvalue weighted by Gasteiger charge is 2.10. The van der Waals surface area contributed by atoms with Crippen molar-refractivity contribution in [1.29, 1.82) is 0 Å². The van der Waals surface area contributed by atoms with Crippen molar-refractivity contribution < 1.29 is 9.59 Å². The maximum atomic E-state index is 12.1. The van der Waals surface area contributed by atoms with Crippen LogP contribution in [0.4, 0.5) is 5.69 Å². The number of anilines is 1. The lowest BCUT2D eigenvalue weighted by Crippen LogP contribution is -2.26. The molecule has 0 atom stereocenters. The molecule has 2 amide bonds. The molecule has 0 aromatic heterocycles. The number of hydrogen-bond acceptors (Lipinski definition) is 2. The van der Waals surface area contributed by atoms with Gasteiger partial charge in [-0.1, -0.05) is 18.2 Å². The molecule has 0 aliphatic heterocycles. The van der Waals surface area contributed by atoms with Gasteiger partial charge in [0.2, 0.25) is 5.91 Å². The highest BCUT2D eigenvalue weighted by Crippen LogP contribution is 2.19. The number of amides is 2. The van der Waals surface area contributed by atoms with E-state index in [0.29, 0.717) is 12.1 Å². The highest BCUT2D eigenvalue weighted by atomic mass is 16.2. The van der Waals surface area contributed by atoms with Crippen LogP contribution in [0.5, 0.6) is 0 Å². The summed E-state index contributed by atoms with van der Waals surface area (Å²) in [6.07, 6.45) is 9.37. The van der Waals surface area contributed by atoms with E-state index in [1.165, 1.54) is 35.8 Å². The lowest BCUT2D eigenvalue weighted by Gasteiger charge is -2.15. The van der Waals surface area contributed by atoms with Crippen molar-refractivity contribution >= 4 is 17.5 Å². The topological polar surface area (TPSA) is 49.4 Å². The number of carbonyl (C=O) groups is 2. The van der Waals surface area contributed by atoms with Crippen LogP contribution < -0.4 is 10.2 Å². The number of carbonyl (C=O) groups excluding carboxylic acids is 2. The molecule has 0 radical (unpaired) electrons. The molecule has 4 nitrogen and oxygen atoms in total. The molecule has 2 rings (SSSR count). The van der Waals surface area contributed by atoms with Crippen molar-refractivity contribution in [3.05, 3.63) is 54.1 Å². The maximum Gasteiger partial charge on any atom is 0.251 e. The smallest absolute Gasteiger partial charge is 0.251 e. The summed E-state index contributed by atoms with van der Waals surface area (Å²) in [5.41, 5.74) is 2.79. The van der Waals surface area contributed by atoms with E-state index in [-0.39, 0.29) is 11.8 Å². The fourth-order valence-corrected chi connectivity index (χ4v) is 2.67. The SMILES string of the molecule is C=CC(=O)N(C)c1ccc(C(=O)NCCC2=CCCCC2)cc1. The maximum absolute atomic E-state index is 12.1. The average Bonchev–Trinajstić information content (AvgIpc) is 2.61. The zero-order chi connectivity index (χ0) is 16.7. The Hall–Kier alpha value is -2.36. The van der Waals surface area contributed by atoms with E-state index in [4.69, 9.17) is 0 Å². The van der Waals surface area contributed by atoms with E-state index in [1.807, 2.05) is 0 Å². The quantitative estimate of drug-likeness (QED) is 0.646. The molecule has 122 valence electrons. The second kappa shape index (κ2) is 8.32. The zero-order valence-corrected chi connectivity index (χ0v) is 13.7. The molecule has 1 N–H and O–H groups in total. The molecule has 0 spiro atoms. The second-order valence-electron chi connectivity index (χ2n) is 5.76. The normalized spacial score (nSPS) is 13.9. The Morgan fingerprint density at radius 3 is 2.61 bits per heavy atom. The van der Waals surface area contributed by atoms with Crippen LogP contribution in [-0.2, 0) is 4.79 Å². The number of allylic oxidation sites excluding steroid dienone is 1. The second-order valence-corrected chi connectivity index (χ2v) is 5.76. The summed E-state index contributed by atoms with van der Waals surface area (Å²) in [4.78, 5) is 25.2. The summed E-state index contributed by atoms with van der Waals surface area (Å²) in [7, 11) is 1.68. The number of hydrogen-bond donors (Lipinski definition) is 1.